The van der Waals surface area contributed by atoms with Crippen molar-refractivity contribution in [2.45, 2.75) is 39.2 Å². The van der Waals surface area contributed by atoms with Gasteiger partial charge in [0.05, 0.1) is 11.9 Å². The summed E-state index contributed by atoms with van der Waals surface area (Å²) in [4.78, 5) is 0. The van der Waals surface area contributed by atoms with E-state index >= 15 is 0 Å². The van der Waals surface area contributed by atoms with Gasteiger partial charge in [-0.3, -0.25) is 0 Å². The fourth-order valence-corrected chi connectivity index (χ4v) is 2.37. The van der Waals surface area contributed by atoms with Crippen molar-refractivity contribution in [3.8, 4) is 5.69 Å². The zero-order chi connectivity index (χ0) is 13.7. The van der Waals surface area contributed by atoms with Crippen molar-refractivity contribution in [2.75, 3.05) is 0 Å². The average Bonchev–Trinajstić information content (AvgIpc) is 2.95. The summed E-state index contributed by atoms with van der Waals surface area (Å²) < 4.78 is 1.89. The van der Waals surface area contributed by atoms with Crippen molar-refractivity contribution in [1.29, 1.82) is 0 Å². The maximum Gasteiger partial charge on any atom is 0.0645 e. The number of aromatic nitrogens is 2. The number of hydrogen-bond donors (Lipinski definition) is 1. The number of nitrogens with zero attached hydrogens (tertiary/aromatic N) is 2. The molecule has 0 saturated carbocycles. The van der Waals surface area contributed by atoms with Crippen molar-refractivity contribution < 1.29 is 0 Å². The summed E-state index contributed by atoms with van der Waals surface area (Å²) in [6.45, 7) is 4.46. The quantitative estimate of drug-likeness (QED) is 0.857. The summed E-state index contributed by atoms with van der Waals surface area (Å²) in [6.07, 6.45) is 7.35. The summed E-state index contributed by atoms with van der Waals surface area (Å²) >= 11 is 0. The highest BCUT2D eigenvalue weighted by Crippen LogP contribution is 2.23. The van der Waals surface area contributed by atoms with Gasteiger partial charge in [-0.2, -0.15) is 5.10 Å². The fraction of sp³-hybridized carbons (Fsp3) is 0.438. The third kappa shape index (κ3) is 3.44. The SMILES string of the molecule is CCC(CC)CC(N)c1cnn(-c2ccccc2)c1. The lowest BCUT2D eigenvalue weighted by molar-refractivity contribution is 0.414. The monoisotopic (exact) mass is 257 g/mol. The van der Waals surface area contributed by atoms with E-state index in [1.54, 1.807) is 0 Å². The van der Waals surface area contributed by atoms with Gasteiger partial charge < -0.3 is 5.73 Å². The molecule has 0 aliphatic carbocycles. The van der Waals surface area contributed by atoms with Crippen molar-refractivity contribution in [1.82, 2.24) is 9.78 Å². The predicted molar refractivity (Wildman–Crippen MR) is 79.2 cm³/mol. The first kappa shape index (κ1) is 13.8. The molecule has 0 fully saturated rings. The van der Waals surface area contributed by atoms with E-state index in [-0.39, 0.29) is 6.04 Å². The van der Waals surface area contributed by atoms with Crippen LogP contribution in [-0.2, 0) is 0 Å². The van der Waals surface area contributed by atoms with Crippen LogP contribution in [0.3, 0.4) is 0 Å². The smallest absolute Gasteiger partial charge is 0.0645 e. The molecule has 102 valence electrons. The highest BCUT2D eigenvalue weighted by molar-refractivity contribution is 5.31. The molecule has 0 radical (unpaired) electrons. The van der Waals surface area contributed by atoms with E-state index in [9.17, 15) is 0 Å². The lowest BCUT2D eigenvalue weighted by Gasteiger charge is -2.16. The van der Waals surface area contributed by atoms with Gasteiger partial charge in [-0.1, -0.05) is 44.9 Å². The molecule has 1 unspecified atom stereocenters. The molecule has 0 spiro atoms. The average molecular weight is 257 g/mol. The molecule has 3 heteroatoms. The molecule has 1 aromatic heterocycles. The van der Waals surface area contributed by atoms with Crippen LogP contribution >= 0.6 is 0 Å². The second kappa shape index (κ2) is 6.53. The van der Waals surface area contributed by atoms with Crippen molar-refractivity contribution in [2.24, 2.45) is 11.7 Å². The number of para-hydroxylation sites is 1. The van der Waals surface area contributed by atoms with Gasteiger partial charge in [0, 0.05) is 17.8 Å². The number of benzene rings is 1. The Morgan fingerprint density at radius 3 is 2.47 bits per heavy atom. The second-order valence-electron chi connectivity index (χ2n) is 5.08. The van der Waals surface area contributed by atoms with Gasteiger partial charge in [0.2, 0.25) is 0 Å². The van der Waals surface area contributed by atoms with E-state index in [0.29, 0.717) is 5.92 Å². The Hall–Kier alpha value is -1.61. The Morgan fingerprint density at radius 1 is 1.16 bits per heavy atom. The predicted octanol–water partition coefficient (Wildman–Crippen LogP) is 3.70. The third-order valence-electron chi connectivity index (χ3n) is 3.79. The van der Waals surface area contributed by atoms with Gasteiger partial charge in [-0.05, 0) is 24.5 Å². The minimum Gasteiger partial charge on any atom is -0.324 e. The molecule has 2 rings (SSSR count). The molecular formula is C16H23N3. The Morgan fingerprint density at radius 2 is 1.84 bits per heavy atom. The summed E-state index contributed by atoms with van der Waals surface area (Å²) in [5.74, 6) is 0.704. The van der Waals surface area contributed by atoms with Gasteiger partial charge in [0.25, 0.3) is 0 Å². The Labute approximate surface area is 115 Å². The van der Waals surface area contributed by atoms with Gasteiger partial charge in [0.15, 0.2) is 0 Å². The van der Waals surface area contributed by atoms with Crippen molar-refractivity contribution in [3.63, 3.8) is 0 Å². The first-order valence-electron chi connectivity index (χ1n) is 7.10. The number of nitrogens with two attached hydrogens (primary N) is 1. The maximum absolute atomic E-state index is 6.29. The number of hydrogen-bond acceptors (Lipinski definition) is 2. The van der Waals surface area contributed by atoms with Gasteiger partial charge in [-0.25, -0.2) is 4.68 Å². The van der Waals surface area contributed by atoms with Crippen LogP contribution < -0.4 is 5.73 Å². The van der Waals surface area contributed by atoms with Crippen LogP contribution in [0, 0.1) is 5.92 Å². The molecule has 1 aromatic carbocycles. The minimum atomic E-state index is 0.0855. The first-order valence-corrected chi connectivity index (χ1v) is 7.10. The van der Waals surface area contributed by atoms with E-state index in [2.05, 4.69) is 18.9 Å². The van der Waals surface area contributed by atoms with Gasteiger partial charge in [-0.15, -0.1) is 0 Å². The number of rotatable bonds is 6. The fourth-order valence-electron chi connectivity index (χ4n) is 2.37. The molecule has 2 N–H and O–H groups in total. The van der Waals surface area contributed by atoms with Gasteiger partial charge in [0.1, 0.15) is 0 Å². The lowest BCUT2D eigenvalue weighted by Crippen LogP contribution is -2.14. The van der Waals surface area contributed by atoms with Crippen LogP contribution in [0.5, 0.6) is 0 Å². The van der Waals surface area contributed by atoms with Crippen LogP contribution in [0.15, 0.2) is 42.7 Å². The molecule has 2 aromatic rings. The highest BCUT2D eigenvalue weighted by atomic mass is 15.3. The van der Waals surface area contributed by atoms with Crippen molar-refractivity contribution in [3.05, 3.63) is 48.3 Å². The van der Waals surface area contributed by atoms with Crippen LogP contribution in [0.4, 0.5) is 0 Å². The molecule has 19 heavy (non-hydrogen) atoms. The zero-order valence-corrected chi connectivity index (χ0v) is 11.8. The topological polar surface area (TPSA) is 43.8 Å². The normalized spacial score (nSPS) is 12.8. The molecule has 0 amide bonds. The van der Waals surface area contributed by atoms with Crippen molar-refractivity contribution >= 4 is 0 Å². The standard InChI is InChI=1S/C16H23N3/c1-3-13(4-2)10-16(17)14-11-18-19(12-14)15-8-6-5-7-9-15/h5-9,11-13,16H,3-4,10,17H2,1-2H3. The molecule has 3 nitrogen and oxygen atoms in total. The molecule has 0 aliphatic rings. The molecule has 1 heterocycles. The first-order chi connectivity index (χ1) is 9.24. The third-order valence-corrected chi connectivity index (χ3v) is 3.79. The summed E-state index contributed by atoms with van der Waals surface area (Å²) in [6, 6.07) is 10.2. The summed E-state index contributed by atoms with van der Waals surface area (Å²) in [5, 5.41) is 4.40. The van der Waals surface area contributed by atoms with E-state index in [1.165, 1.54) is 12.8 Å². The molecule has 0 aliphatic heterocycles. The highest BCUT2D eigenvalue weighted by Gasteiger charge is 2.14. The Kier molecular flexibility index (Phi) is 4.74. The molecule has 0 bridgehead atoms. The lowest BCUT2D eigenvalue weighted by atomic mass is 9.93. The summed E-state index contributed by atoms with van der Waals surface area (Å²) in [5.41, 5.74) is 8.48. The van der Waals surface area contributed by atoms with Crippen LogP contribution in [0.2, 0.25) is 0 Å². The Bertz CT molecular complexity index is 486. The molecule has 0 saturated heterocycles. The maximum atomic E-state index is 6.29. The van der Waals surface area contributed by atoms with Gasteiger partial charge >= 0.3 is 0 Å². The largest absolute Gasteiger partial charge is 0.324 e. The van der Waals surface area contributed by atoms with E-state index in [0.717, 1.165) is 17.7 Å². The van der Waals surface area contributed by atoms with E-state index < -0.39 is 0 Å². The van der Waals surface area contributed by atoms with Crippen LogP contribution in [0.1, 0.15) is 44.7 Å². The molecule has 1 atom stereocenters. The van der Waals surface area contributed by atoms with Crippen LogP contribution in [0.25, 0.3) is 5.69 Å². The minimum absolute atomic E-state index is 0.0855. The van der Waals surface area contributed by atoms with E-state index in [1.807, 2.05) is 47.4 Å². The van der Waals surface area contributed by atoms with Crippen LogP contribution in [-0.4, -0.2) is 9.78 Å². The summed E-state index contributed by atoms with van der Waals surface area (Å²) in [7, 11) is 0. The van der Waals surface area contributed by atoms with E-state index in [4.69, 9.17) is 5.73 Å². The molecular weight excluding hydrogens is 234 g/mol. The second-order valence-corrected chi connectivity index (χ2v) is 5.08. The zero-order valence-electron chi connectivity index (χ0n) is 11.8. The Balaban J connectivity index is 2.08.